The van der Waals surface area contributed by atoms with Crippen molar-refractivity contribution in [3.63, 3.8) is 0 Å². The lowest BCUT2D eigenvalue weighted by Crippen LogP contribution is -2.45. The average molecular weight is 473 g/mol. The zero-order valence-corrected chi connectivity index (χ0v) is 19.3. The average Bonchev–Trinajstić information content (AvgIpc) is 3.21. The molecule has 3 aromatic carbocycles. The minimum absolute atomic E-state index is 0.111. The van der Waals surface area contributed by atoms with Crippen molar-refractivity contribution < 1.29 is 18.8 Å². The number of carboxylic acid groups (broad SMARTS) is 1. The molecular weight excluding hydrogens is 447 g/mol. The van der Waals surface area contributed by atoms with Crippen molar-refractivity contribution in [1.29, 1.82) is 5.41 Å². The van der Waals surface area contributed by atoms with Crippen LogP contribution in [-0.4, -0.2) is 22.2 Å². The van der Waals surface area contributed by atoms with Gasteiger partial charge in [-0.3, -0.25) is 5.41 Å². The summed E-state index contributed by atoms with van der Waals surface area (Å²) >= 11 is 0. The van der Waals surface area contributed by atoms with Gasteiger partial charge in [-0.2, -0.15) is 0 Å². The summed E-state index contributed by atoms with van der Waals surface area (Å²) in [5.74, 6) is -0.0794. The van der Waals surface area contributed by atoms with E-state index in [1.54, 1.807) is 32.0 Å². The van der Waals surface area contributed by atoms with Crippen molar-refractivity contribution in [3.05, 3.63) is 101 Å². The molecule has 0 fully saturated rings. The number of rotatable bonds is 7. The Bertz CT molecular complexity index is 1380. The molecule has 5 N–H and O–H groups in total. The van der Waals surface area contributed by atoms with E-state index in [2.05, 4.69) is 10.5 Å². The maximum atomic E-state index is 14.8. The Labute approximate surface area is 201 Å². The molecule has 0 spiro atoms. The minimum atomic E-state index is -1.44. The Balaban J connectivity index is 1.74. The number of carbonyl (C=O) groups is 1. The molecule has 178 valence electrons. The van der Waals surface area contributed by atoms with Crippen molar-refractivity contribution in [1.82, 2.24) is 10.5 Å². The van der Waals surface area contributed by atoms with Gasteiger partial charge in [0, 0.05) is 17.5 Å². The SMILES string of the molecule is Cc1noc(-c2ccc(-c3ccc(CC(=N)N)cc3)cc2)c1C(C)(NC(=O)O)c1ccccc1F. The van der Waals surface area contributed by atoms with E-state index in [0.29, 0.717) is 29.0 Å². The van der Waals surface area contributed by atoms with Crippen LogP contribution in [0.3, 0.4) is 0 Å². The van der Waals surface area contributed by atoms with Crippen LogP contribution in [0.25, 0.3) is 22.5 Å². The lowest BCUT2D eigenvalue weighted by Gasteiger charge is -2.31. The van der Waals surface area contributed by atoms with Crippen LogP contribution in [0.15, 0.2) is 77.3 Å². The molecule has 4 rings (SSSR count). The predicted molar refractivity (Wildman–Crippen MR) is 132 cm³/mol. The summed E-state index contributed by atoms with van der Waals surface area (Å²) in [6.07, 6.45) is -0.899. The zero-order chi connectivity index (χ0) is 25.2. The Morgan fingerprint density at radius 3 is 2.20 bits per heavy atom. The third-order valence-corrected chi connectivity index (χ3v) is 5.96. The largest absolute Gasteiger partial charge is 0.465 e. The van der Waals surface area contributed by atoms with Gasteiger partial charge in [0.15, 0.2) is 5.76 Å². The second kappa shape index (κ2) is 9.42. The highest BCUT2D eigenvalue weighted by molar-refractivity contribution is 5.80. The third-order valence-electron chi connectivity index (χ3n) is 5.96. The fraction of sp³-hybridized carbons (Fsp3) is 0.148. The van der Waals surface area contributed by atoms with Crippen LogP contribution < -0.4 is 11.1 Å². The lowest BCUT2D eigenvalue weighted by atomic mass is 9.82. The minimum Gasteiger partial charge on any atom is -0.465 e. The molecule has 0 saturated carbocycles. The van der Waals surface area contributed by atoms with Gasteiger partial charge in [0.25, 0.3) is 0 Å². The van der Waals surface area contributed by atoms with E-state index < -0.39 is 17.4 Å². The van der Waals surface area contributed by atoms with E-state index in [4.69, 9.17) is 15.7 Å². The first-order valence-electron chi connectivity index (χ1n) is 10.9. The number of nitrogens with zero attached hydrogens (tertiary/aromatic N) is 1. The molecule has 1 heterocycles. The van der Waals surface area contributed by atoms with Crippen LogP contribution in [0.4, 0.5) is 9.18 Å². The monoisotopic (exact) mass is 472 g/mol. The summed E-state index contributed by atoms with van der Waals surface area (Å²) in [7, 11) is 0. The topological polar surface area (TPSA) is 125 Å². The second-order valence-corrected chi connectivity index (χ2v) is 8.48. The highest BCUT2D eigenvalue weighted by atomic mass is 19.1. The molecule has 1 aromatic heterocycles. The number of amidine groups is 1. The Morgan fingerprint density at radius 2 is 1.63 bits per heavy atom. The normalized spacial score (nSPS) is 12.7. The van der Waals surface area contributed by atoms with Gasteiger partial charge < -0.3 is 20.7 Å². The Kier molecular flexibility index (Phi) is 6.38. The maximum absolute atomic E-state index is 14.8. The fourth-order valence-electron chi connectivity index (χ4n) is 4.35. The molecule has 0 saturated heterocycles. The summed E-state index contributed by atoms with van der Waals surface area (Å²) in [5.41, 5.74) is 8.66. The molecule has 0 aliphatic heterocycles. The van der Waals surface area contributed by atoms with Crippen LogP contribution in [0, 0.1) is 18.2 Å². The number of benzene rings is 3. The molecule has 1 amide bonds. The molecule has 8 heteroatoms. The van der Waals surface area contributed by atoms with Gasteiger partial charge >= 0.3 is 6.09 Å². The summed E-state index contributed by atoms with van der Waals surface area (Å²) in [6, 6.07) is 21.4. The van der Waals surface area contributed by atoms with Gasteiger partial charge in [-0.1, -0.05) is 71.9 Å². The summed E-state index contributed by atoms with van der Waals surface area (Å²) in [6.45, 7) is 3.29. The Morgan fingerprint density at radius 1 is 1.06 bits per heavy atom. The van der Waals surface area contributed by atoms with Gasteiger partial charge in [0.05, 0.1) is 22.6 Å². The number of aromatic nitrogens is 1. The number of nitrogens with two attached hydrogens (primary N) is 1. The molecule has 1 atom stereocenters. The van der Waals surface area contributed by atoms with E-state index >= 15 is 0 Å². The highest BCUT2D eigenvalue weighted by Gasteiger charge is 2.39. The Hall–Kier alpha value is -4.46. The number of aryl methyl sites for hydroxylation is 1. The van der Waals surface area contributed by atoms with Gasteiger partial charge in [0.2, 0.25) is 0 Å². The number of nitrogens with one attached hydrogen (secondary N) is 2. The van der Waals surface area contributed by atoms with Crippen LogP contribution >= 0.6 is 0 Å². The fourth-order valence-corrected chi connectivity index (χ4v) is 4.35. The molecule has 7 nitrogen and oxygen atoms in total. The van der Waals surface area contributed by atoms with E-state index in [9.17, 15) is 14.3 Å². The van der Waals surface area contributed by atoms with Crippen LogP contribution in [0.2, 0.25) is 0 Å². The van der Waals surface area contributed by atoms with E-state index in [1.165, 1.54) is 6.07 Å². The third kappa shape index (κ3) is 4.77. The molecule has 1 unspecified atom stereocenters. The van der Waals surface area contributed by atoms with Gasteiger partial charge in [-0.05, 0) is 36.6 Å². The number of halogens is 1. The zero-order valence-electron chi connectivity index (χ0n) is 19.3. The van der Waals surface area contributed by atoms with E-state index in [1.807, 2.05) is 48.5 Å². The number of hydrogen-bond donors (Lipinski definition) is 4. The van der Waals surface area contributed by atoms with Crippen LogP contribution in [0.1, 0.15) is 29.3 Å². The van der Waals surface area contributed by atoms with Crippen molar-refractivity contribution >= 4 is 11.9 Å². The second-order valence-electron chi connectivity index (χ2n) is 8.48. The maximum Gasteiger partial charge on any atom is 0.405 e. The highest BCUT2D eigenvalue weighted by Crippen LogP contribution is 2.40. The molecule has 0 radical (unpaired) electrons. The molecule has 0 aliphatic rings. The molecule has 0 aliphatic carbocycles. The van der Waals surface area contributed by atoms with Crippen molar-refractivity contribution in [2.45, 2.75) is 25.8 Å². The molecule has 4 aromatic rings. The number of amides is 1. The predicted octanol–water partition coefficient (Wildman–Crippen LogP) is 5.47. The van der Waals surface area contributed by atoms with Gasteiger partial charge in [-0.25, -0.2) is 9.18 Å². The first kappa shape index (κ1) is 23.7. The number of hydrogen-bond acceptors (Lipinski definition) is 4. The molecular formula is C27H25FN4O3. The summed E-state index contributed by atoms with van der Waals surface area (Å²) in [4.78, 5) is 11.7. The van der Waals surface area contributed by atoms with Gasteiger partial charge in [-0.15, -0.1) is 0 Å². The lowest BCUT2D eigenvalue weighted by molar-refractivity contribution is 0.184. The smallest absolute Gasteiger partial charge is 0.405 e. The summed E-state index contributed by atoms with van der Waals surface area (Å²) in [5, 5.41) is 23.6. The standard InChI is InChI=1S/C27H25FN4O3/c1-16-24(27(2,31-26(33)34)21-5-3-4-6-22(21)28)25(35-32-16)20-13-11-19(12-14-20)18-9-7-17(8-10-18)15-23(29)30/h3-14,31H,15H2,1-2H3,(H3,29,30)(H,33,34). The van der Waals surface area contributed by atoms with Crippen molar-refractivity contribution in [2.75, 3.05) is 0 Å². The molecule has 0 bridgehead atoms. The van der Waals surface area contributed by atoms with Gasteiger partial charge in [0.1, 0.15) is 5.82 Å². The summed E-state index contributed by atoms with van der Waals surface area (Å²) < 4.78 is 20.5. The van der Waals surface area contributed by atoms with Crippen LogP contribution in [0.5, 0.6) is 0 Å². The van der Waals surface area contributed by atoms with Crippen LogP contribution in [-0.2, 0) is 12.0 Å². The van der Waals surface area contributed by atoms with E-state index in [0.717, 1.165) is 16.7 Å². The first-order chi connectivity index (χ1) is 16.7. The first-order valence-corrected chi connectivity index (χ1v) is 10.9. The van der Waals surface area contributed by atoms with Crippen molar-refractivity contribution in [2.24, 2.45) is 5.73 Å². The van der Waals surface area contributed by atoms with Crippen molar-refractivity contribution in [3.8, 4) is 22.5 Å². The van der Waals surface area contributed by atoms with E-state index in [-0.39, 0.29) is 11.4 Å². The quantitative estimate of drug-likeness (QED) is 0.210. The molecule has 35 heavy (non-hydrogen) atoms.